The summed E-state index contributed by atoms with van der Waals surface area (Å²) in [4.78, 5) is 21.3. The minimum Gasteiger partial charge on any atom is -0.477 e. The van der Waals surface area contributed by atoms with Crippen LogP contribution in [0.25, 0.3) is 0 Å². The van der Waals surface area contributed by atoms with Crippen molar-refractivity contribution in [3.8, 4) is 0 Å². The Morgan fingerprint density at radius 3 is 2.75 bits per heavy atom. The molecule has 1 aromatic carbocycles. The first-order chi connectivity index (χ1) is 9.47. The van der Waals surface area contributed by atoms with Gasteiger partial charge in [-0.2, -0.15) is 0 Å². The zero-order valence-corrected chi connectivity index (χ0v) is 11.4. The van der Waals surface area contributed by atoms with Gasteiger partial charge in [0.1, 0.15) is 5.56 Å². The fraction of sp³-hybridized carbons (Fsp3) is 0.462. The molecule has 1 atom stereocenters. The number of hydrogen-bond donors (Lipinski definition) is 1. The third-order valence-electron chi connectivity index (χ3n) is 2.62. The Morgan fingerprint density at radius 1 is 1.50 bits per heavy atom. The molecular formula is C13H17NO6. The van der Waals surface area contributed by atoms with Crippen LogP contribution < -0.4 is 0 Å². The smallest absolute Gasteiger partial charge is 0.343 e. The van der Waals surface area contributed by atoms with Gasteiger partial charge in [-0.1, -0.05) is 12.1 Å². The average molecular weight is 283 g/mol. The van der Waals surface area contributed by atoms with Crippen LogP contribution in [0.3, 0.4) is 0 Å². The highest BCUT2D eigenvalue weighted by Gasteiger charge is 2.23. The van der Waals surface area contributed by atoms with Crippen LogP contribution in [0.1, 0.15) is 29.8 Å². The number of hydrogen-bond acceptors (Lipinski definition) is 5. The van der Waals surface area contributed by atoms with Gasteiger partial charge in [0, 0.05) is 12.7 Å². The Labute approximate surface area is 116 Å². The lowest BCUT2D eigenvalue weighted by Gasteiger charge is -2.14. The molecule has 0 amide bonds. The summed E-state index contributed by atoms with van der Waals surface area (Å²) in [5, 5.41) is 20.0. The highest BCUT2D eigenvalue weighted by molar-refractivity contribution is 5.94. The van der Waals surface area contributed by atoms with Crippen molar-refractivity contribution in [2.75, 3.05) is 13.2 Å². The van der Waals surface area contributed by atoms with E-state index in [1.165, 1.54) is 12.1 Å². The van der Waals surface area contributed by atoms with Crippen molar-refractivity contribution in [2.24, 2.45) is 0 Å². The highest BCUT2D eigenvalue weighted by atomic mass is 16.6. The number of nitrogens with zero attached hydrogens (tertiary/aromatic N) is 1. The Bertz CT molecular complexity index is 488. The van der Waals surface area contributed by atoms with Gasteiger partial charge < -0.3 is 14.6 Å². The van der Waals surface area contributed by atoms with E-state index in [-0.39, 0.29) is 23.8 Å². The van der Waals surface area contributed by atoms with Crippen LogP contribution in [-0.4, -0.2) is 35.3 Å². The first kappa shape index (κ1) is 16.1. The second kappa shape index (κ2) is 7.56. The highest BCUT2D eigenvalue weighted by Crippen LogP contribution is 2.23. The van der Waals surface area contributed by atoms with Crippen molar-refractivity contribution < 1.29 is 24.3 Å². The van der Waals surface area contributed by atoms with E-state index >= 15 is 0 Å². The SMILES string of the molecule is CCOCC(C)OCc1cccc([N+](=O)[O-])c1C(=O)O. The predicted molar refractivity (Wildman–Crippen MR) is 70.8 cm³/mol. The van der Waals surface area contributed by atoms with Crippen LogP contribution in [-0.2, 0) is 16.1 Å². The molecule has 0 aliphatic carbocycles. The van der Waals surface area contributed by atoms with Crippen LogP contribution >= 0.6 is 0 Å². The molecule has 7 heteroatoms. The standard InChI is InChI=1S/C13H17NO6/c1-3-19-7-9(2)20-8-10-5-4-6-11(14(17)18)12(10)13(15)16/h4-6,9H,3,7-8H2,1-2H3,(H,15,16). The molecule has 1 N–H and O–H groups in total. The van der Waals surface area contributed by atoms with Gasteiger partial charge in [-0.05, 0) is 19.4 Å². The Hall–Kier alpha value is -1.99. The first-order valence-corrected chi connectivity index (χ1v) is 6.16. The molecule has 0 aromatic heterocycles. The van der Waals surface area contributed by atoms with Crippen LogP contribution in [0.5, 0.6) is 0 Å². The second-order valence-corrected chi connectivity index (χ2v) is 4.15. The van der Waals surface area contributed by atoms with Gasteiger partial charge in [-0.25, -0.2) is 4.79 Å². The molecule has 20 heavy (non-hydrogen) atoms. The van der Waals surface area contributed by atoms with Crippen LogP contribution in [0.2, 0.25) is 0 Å². The lowest BCUT2D eigenvalue weighted by atomic mass is 10.1. The van der Waals surface area contributed by atoms with E-state index in [0.29, 0.717) is 13.2 Å². The maximum Gasteiger partial charge on any atom is 0.343 e. The summed E-state index contributed by atoms with van der Waals surface area (Å²) in [5.41, 5.74) is -0.493. The molecule has 0 aliphatic heterocycles. The molecule has 0 saturated heterocycles. The molecule has 0 radical (unpaired) electrons. The van der Waals surface area contributed by atoms with Crippen molar-refractivity contribution in [3.05, 3.63) is 39.4 Å². The average Bonchev–Trinajstić information content (AvgIpc) is 2.41. The van der Waals surface area contributed by atoms with Crippen molar-refractivity contribution in [2.45, 2.75) is 26.6 Å². The van der Waals surface area contributed by atoms with E-state index in [0.717, 1.165) is 6.07 Å². The number of carboxylic acids is 1. The van der Waals surface area contributed by atoms with Gasteiger partial charge in [0.05, 0.1) is 24.2 Å². The maximum atomic E-state index is 11.2. The van der Waals surface area contributed by atoms with Crippen LogP contribution in [0.15, 0.2) is 18.2 Å². The third-order valence-corrected chi connectivity index (χ3v) is 2.62. The van der Waals surface area contributed by atoms with Gasteiger partial charge >= 0.3 is 5.97 Å². The van der Waals surface area contributed by atoms with Gasteiger partial charge in [0.15, 0.2) is 0 Å². The molecule has 110 valence electrons. The molecular weight excluding hydrogens is 266 g/mol. The van der Waals surface area contributed by atoms with E-state index in [1.807, 2.05) is 6.92 Å². The Kier molecular flexibility index (Phi) is 6.08. The minimum atomic E-state index is -1.34. The lowest BCUT2D eigenvalue weighted by Crippen LogP contribution is -2.17. The molecule has 1 aromatic rings. The molecule has 0 heterocycles. The number of aromatic carboxylic acids is 1. The van der Waals surface area contributed by atoms with Crippen LogP contribution in [0.4, 0.5) is 5.69 Å². The summed E-state index contributed by atoms with van der Waals surface area (Å²) in [5.74, 6) is -1.34. The van der Waals surface area contributed by atoms with Crippen molar-refractivity contribution in [1.82, 2.24) is 0 Å². The first-order valence-electron chi connectivity index (χ1n) is 6.16. The topological polar surface area (TPSA) is 98.9 Å². The zero-order chi connectivity index (χ0) is 15.1. The number of ether oxygens (including phenoxy) is 2. The Morgan fingerprint density at radius 2 is 2.20 bits per heavy atom. The summed E-state index contributed by atoms with van der Waals surface area (Å²) in [6.07, 6.45) is -0.226. The predicted octanol–water partition coefficient (Wildman–Crippen LogP) is 2.23. The van der Waals surface area contributed by atoms with E-state index in [2.05, 4.69) is 0 Å². The van der Waals surface area contributed by atoms with E-state index < -0.39 is 16.6 Å². The van der Waals surface area contributed by atoms with E-state index in [1.54, 1.807) is 6.92 Å². The zero-order valence-electron chi connectivity index (χ0n) is 11.4. The molecule has 7 nitrogen and oxygen atoms in total. The number of nitro benzene ring substituents is 1. The largest absolute Gasteiger partial charge is 0.477 e. The Balaban J connectivity index is 2.87. The van der Waals surface area contributed by atoms with E-state index in [4.69, 9.17) is 14.6 Å². The summed E-state index contributed by atoms with van der Waals surface area (Å²) in [6, 6.07) is 4.11. The van der Waals surface area contributed by atoms with Gasteiger partial charge in [-0.3, -0.25) is 10.1 Å². The van der Waals surface area contributed by atoms with E-state index in [9.17, 15) is 14.9 Å². The quantitative estimate of drug-likeness (QED) is 0.580. The number of benzene rings is 1. The molecule has 0 fully saturated rings. The normalized spacial score (nSPS) is 12.1. The number of carboxylic acid groups (broad SMARTS) is 1. The van der Waals surface area contributed by atoms with Crippen molar-refractivity contribution in [1.29, 1.82) is 0 Å². The van der Waals surface area contributed by atoms with Crippen molar-refractivity contribution in [3.63, 3.8) is 0 Å². The minimum absolute atomic E-state index is 0.0163. The summed E-state index contributed by atoms with van der Waals surface area (Å²) in [7, 11) is 0. The van der Waals surface area contributed by atoms with Gasteiger partial charge in [0.25, 0.3) is 5.69 Å². The summed E-state index contributed by atoms with van der Waals surface area (Å²) >= 11 is 0. The molecule has 1 rings (SSSR count). The molecule has 0 bridgehead atoms. The summed E-state index contributed by atoms with van der Waals surface area (Å²) < 4.78 is 10.6. The van der Waals surface area contributed by atoms with Gasteiger partial charge in [-0.15, -0.1) is 0 Å². The maximum absolute atomic E-state index is 11.2. The second-order valence-electron chi connectivity index (χ2n) is 4.15. The molecule has 0 spiro atoms. The fourth-order valence-corrected chi connectivity index (χ4v) is 1.67. The number of nitro groups is 1. The summed E-state index contributed by atoms with van der Waals surface area (Å²) in [6.45, 7) is 4.57. The monoisotopic (exact) mass is 283 g/mol. The van der Waals surface area contributed by atoms with Crippen LogP contribution in [0, 0.1) is 10.1 Å². The molecule has 0 saturated carbocycles. The van der Waals surface area contributed by atoms with Crippen molar-refractivity contribution >= 4 is 11.7 Å². The fourth-order valence-electron chi connectivity index (χ4n) is 1.67. The third kappa shape index (κ3) is 4.29. The number of carbonyl (C=O) groups is 1. The molecule has 0 aliphatic rings. The lowest BCUT2D eigenvalue weighted by molar-refractivity contribution is -0.385. The van der Waals surface area contributed by atoms with Gasteiger partial charge in [0.2, 0.25) is 0 Å². The molecule has 1 unspecified atom stereocenters. The number of rotatable bonds is 8.